The van der Waals surface area contributed by atoms with Crippen LogP contribution in [0.2, 0.25) is 0 Å². The smallest absolute Gasteiger partial charge is 0.251 e. The molecular formula is C19H17Br2N3O. The van der Waals surface area contributed by atoms with Crippen LogP contribution in [0.4, 0.5) is 0 Å². The number of para-hydroxylation sites is 2. The number of hydrogen-bond donors (Lipinski definition) is 1. The Labute approximate surface area is 163 Å². The van der Waals surface area contributed by atoms with Gasteiger partial charge in [-0.15, -0.1) is 0 Å². The summed E-state index contributed by atoms with van der Waals surface area (Å²) in [5.74, 6) is 0.662. The average Bonchev–Trinajstić information content (AvgIpc) is 2.93. The standard InChI is InChI=1S/C19H17Br2N3O/c1-12(20)11-24-17-9-4-3-8-16(17)23-18(24)13(2)22-19(25)14-6-5-7-15(21)10-14/h3-10,13H,1,11H2,2H3,(H,22,25). The molecule has 0 bridgehead atoms. The number of benzene rings is 2. The molecule has 1 atom stereocenters. The highest BCUT2D eigenvalue weighted by atomic mass is 79.9. The third-order valence-corrected chi connectivity index (χ3v) is 4.58. The van der Waals surface area contributed by atoms with Crippen molar-refractivity contribution in [3.8, 4) is 0 Å². The molecule has 25 heavy (non-hydrogen) atoms. The van der Waals surface area contributed by atoms with E-state index in [4.69, 9.17) is 4.98 Å². The lowest BCUT2D eigenvalue weighted by Crippen LogP contribution is -2.28. The van der Waals surface area contributed by atoms with Gasteiger partial charge in [0, 0.05) is 14.5 Å². The number of allylic oxidation sites excluding steroid dienone is 1. The van der Waals surface area contributed by atoms with E-state index in [0.29, 0.717) is 12.1 Å². The Balaban J connectivity index is 1.92. The zero-order valence-electron chi connectivity index (χ0n) is 13.7. The number of carbonyl (C=O) groups excluding carboxylic acids is 1. The molecule has 6 heteroatoms. The third kappa shape index (κ3) is 4.02. The number of fused-ring (bicyclic) bond motifs is 1. The first-order valence-corrected chi connectivity index (χ1v) is 9.39. The topological polar surface area (TPSA) is 46.9 Å². The third-order valence-electron chi connectivity index (χ3n) is 3.84. The van der Waals surface area contributed by atoms with Crippen LogP contribution in [0.3, 0.4) is 0 Å². The zero-order chi connectivity index (χ0) is 18.0. The van der Waals surface area contributed by atoms with Crippen molar-refractivity contribution >= 4 is 48.8 Å². The minimum atomic E-state index is -0.245. The summed E-state index contributed by atoms with van der Waals surface area (Å²) in [4.78, 5) is 17.2. The molecule has 0 saturated heterocycles. The number of nitrogens with zero attached hydrogens (tertiary/aromatic N) is 2. The highest BCUT2D eigenvalue weighted by Crippen LogP contribution is 2.23. The van der Waals surface area contributed by atoms with E-state index >= 15 is 0 Å². The van der Waals surface area contributed by atoms with Crippen molar-refractivity contribution in [3.05, 3.63) is 75.5 Å². The minimum Gasteiger partial charge on any atom is -0.342 e. The lowest BCUT2D eigenvalue weighted by atomic mass is 10.2. The zero-order valence-corrected chi connectivity index (χ0v) is 16.8. The van der Waals surface area contributed by atoms with Gasteiger partial charge in [-0.3, -0.25) is 4.79 Å². The van der Waals surface area contributed by atoms with E-state index in [0.717, 1.165) is 25.8 Å². The molecule has 3 rings (SSSR count). The molecular weight excluding hydrogens is 446 g/mol. The number of aromatic nitrogens is 2. The van der Waals surface area contributed by atoms with Gasteiger partial charge in [0.15, 0.2) is 0 Å². The molecule has 0 aliphatic carbocycles. The lowest BCUT2D eigenvalue weighted by molar-refractivity contribution is 0.0937. The summed E-state index contributed by atoms with van der Waals surface area (Å²) in [6, 6.07) is 15.0. The minimum absolute atomic E-state index is 0.134. The maximum Gasteiger partial charge on any atom is 0.251 e. The molecule has 128 valence electrons. The van der Waals surface area contributed by atoms with Crippen LogP contribution in [0.1, 0.15) is 29.1 Å². The molecule has 0 spiro atoms. The summed E-state index contributed by atoms with van der Waals surface area (Å²) in [5.41, 5.74) is 2.52. The van der Waals surface area contributed by atoms with Crippen LogP contribution in [0, 0.1) is 0 Å². The molecule has 1 N–H and O–H groups in total. The highest BCUT2D eigenvalue weighted by Gasteiger charge is 2.19. The Bertz CT molecular complexity index is 949. The molecule has 3 aromatic rings. The molecule has 1 unspecified atom stereocenters. The molecule has 0 fully saturated rings. The van der Waals surface area contributed by atoms with E-state index in [1.54, 1.807) is 12.1 Å². The van der Waals surface area contributed by atoms with Crippen molar-refractivity contribution in [2.75, 3.05) is 0 Å². The van der Waals surface area contributed by atoms with Gasteiger partial charge >= 0.3 is 0 Å². The number of imidazole rings is 1. The Kier molecular flexibility index (Phi) is 5.39. The predicted molar refractivity (Wildman–Crippen MR) is 108 cm³/mol. The van der Waals surface area contributed by atoms with Crippen molar-refractivity contribution in [2.24, 2.45) is 0 Å². The highest BCUT2D eigenvalue weighted by molar-refractivity contribution is 9.11. The van der Waals surface area contributed by atoms with Gasteiger partial charge in [-0.25, -0.2) is 4.98 Å². The lowest BCUT2D eigenvalue weighted by Gasteiger charge is -2.16. The largest absolute Gasteiger partial charge is 0.342 e. The summed E-state index contributed by atoms with van der Waals surface area (Å²) in [7, 11) is 0. The Morgan fingerprint density at radius 3 is 2.76 bits per heavy atom. The second-order valence-corrected chi connectivity index (χ2v) is 7.80. The second-order valence-electron chi connectivity index (χ2n) is 5.77. The van der Waals surface area contributed by atoms with Crippen LogP contribution in [0.15, 0.2) is 64.1 Å². The summed E-state index contributed by atoms with van der Waals surface area (Å²) in [6.45, 7) is 6.46. The van der Waals surface area contributed by atoms with Crippen molar-refractivity contribution in [1.29, 1.82) is 0 Å². The van der Waals surface area contributed by atoms with Gasteiger partial charge in [-0.05, 0) is 37.3 Å². The van der Waals surface area contributed by atoms with Gasteiger partial charge in [-0.1, -0.05) is 56.6 Å². The molecule has 1 amide bonds. The predicted octanol–water partition coefficient (Wildman–Crippen LogP) is 5.20. The second kappa shape index (κ2) is 7.54. The monoisotopic (exact) mass is 461 g/mol. The fraction of sp³-hybridized carbons (Fsp3) is 0.158. The number of rotatable bonds is 5. The molecule has 0 radical (unpaired) electrons. The summed E-state index contributed by atoms with van der Waals surface area (Å²) >= 11 is 6.82. The first-order valence-electron chi connectivity index (χ1n) is 7.80. The Hall–Kier alpha value is -1.92. The van der Waals surface area contributed by atoms with Crippen LogP contribution < -0.4 is 5.32 Å². The van der Waals surface area contributed by atoms with Crippen molar-refractivity contribution in [1.82, 2.24) is 14.9 Å². The molecule has 1 aromatic heterocycles. The van der Waals surface area contributed by atoms with Crippen LogP contribution >= 0.6 is 31.9 Å². The Morgan fingerprint density at radius 1 is 1.28 bits per heavy atom. The molecule has 2 aromatic carbocycles. The van der Waals surface area contributed by atoms with E-state index in [9.17, 15) is 4.79 Å². The Morgan fingerprint density at radius 2 is 2.04 bits per heavy atom. The van der Waals surface area contributed by atoms with Crippen molar-refractivity contribution in [2.45, 2.75) is 19.5 Å². The first kappa shape index (κ1) is 17.9. The van der Waals surface area contributed by atoms with E-state index in [2.05, 4.69) is 48.3 Å². The van der Waals surface area contributed by atoms with Gasteiger partial charge in [0.05, 0.1) is 23.6 Å². The number of amides is 1. The molecule has 1 heterocycles. The van der Waals surface area contributed by atoms with E-state index < -0.39 is 0 Å². The number of carbonyl (C=O) groups is 1. The summed E-state index contributed by atoms with van der Waals surface area (Å²) in [5, 5.41) is 3.03. The SMILES string of the molecule is C=C(Br)Cn1c(C(C)NC(=O)c2cccc(Br)c2)nc2ccccc21. The molecule has 0 aliphatic heterocycles. The van der Waals surface area contributed by atoms with Crippen LogP contribution in [-0.2, 0) is 6.54 Å². The molecule has 4 nitrogen and oxygen atoms in total. The summed E-state index contributed by atoms with van der Waals surface area (Å²) in [6.07, 6.45) is 0. The van der Waals surface area contributed by atoms with Crippen molar-refractivity contribution < 1.29 is 4.79 Å². The van der Waals surface area contributed by atoms with Gasteiger partial charge in [0.1, 0.15) is 5.82 Å². The van der Waals surface area contributed by atoms with E-state index in [-0.39, 0.29) is 11.9 Å². The maximum absolute atomic E-state index is 12.5. The van der Waals surface area contributed by atoms with Gasteiger partial charge in [-0.2, -0.15) is 0 Å². The number of hydrogen-bond acceptors (Lipinski definition) is 2. The van der Waals surface area contributed by atoms with Gasteiger partial charge < -0.3 is 9.88 Å². The fourth-order valence-electron chi connectivity index (χ4n) is 2.74. The van der Waals surface area contributed by atoms with E-state index in [1.165, 1.54) is 0 Å². The van der Waals surface area contributed by atoms with Gasteiger partial charge in [0.2, 0.25) is 0 Å². The van der Waals surface area contributed by atoms with Crippen LogP contribution in [0.5, 0.6) is 0 Å². The van der Waals surface area contributed by atoms with Gasteiger partial charge in [0.25, 0.3) is 5.91 Å². The fourth-order valence-corrected chi connectivity index (χ4v) is 3.39. The molecule has 0 aliphatic rings. The van der Waals surface area contributed by atoms with Crippen molar-refractivity contribution in [3.63, 3.8) is 0 Å². The first-order chi connectivity index (χ1) is 12.0. The molecule has 0 saturated carbocycles. The number of halogens is 2. The van der Waals surface area contributed by atoms with E-state index in [1.807, 2.05) is 43.3 Å². The number of nitrogens with one attached hydrogen (secondary N) is 1. The van der Waals surface area contributed by atoms with Crippen LogP contribution in [-0.4, -0.2) is 15.5 Å². The normalized spacial score (nSPS) is 12.1. The summed E-state index contributed by atoms with van der Waals surface area (Å²) < 4.78 is 3.79. The average molecular weight is 463 g/mol. The van der Waals surface area contributed by atoms with Crippen LogP contribution in [0.25, 0.3) is 11.0 Å². The quantitative estimate of drug-likeness (QED) is 0.566. The maximum atomic E-state index is 12.5.